The highest BCUT2D eigenvalue weighted by Crippen LogP contribution is 2.19. The number of aromatic nitrogens is 1. The van der Waals surface area contributed by atoms with Crippen molar-refractivity contribution in [1.29, 1.82) is 0 Å². The second kappa shape index (κ2) is 8.06. The Bertz CT molecular complexity index is 338. The number of pyridine rings is 1. The lowest BCUT2D eigenvalue weighted by atomic mass is 10.2. The van der Waals surface area contributed by atoms with Crippen LogP contribution in [0.5, 0.6) is 0 Å². The summed E-state index contributed by atoms with van der Waals surface area (Å²) in [7, 11) is 6.21. The van der Waals surface area contributed by atoms with E-state index in [2.05, 4.69) is 47.2 Å². The number of hydrogen-bond donors (Lipinski definition) is 1. The lowest BCUT2D eigenvalue weighted by Gasteiger charge is -2.28. The summed E-state index contributed by atoms with van der Waals surface area (Å²) in [5.74, 6) is 0. The highest BCUT2D eigenvalue weighted by atomic mass is 15.2. The first-order chi connectivity index (χ1) is 8.69. The van der Waals surface area contributed by atoms with Crippen LogP contribution in [0, 0.1) is 0 Å². The molecule has 18 heavy (non-hydrogen) atoms. The van der Waals surface area contributed by atoms with Gasteiger partial charge >= 0.3 is 0 Å². The fourth-order valence-corrected chi connectivity index (χ4v) is 2.00. The van der Waals surface area contributed by atoms with Crippen LogP contribution in [0.3, 0.4) is 0 Å². The molecule has 1 aromatic rings. The molecule has 1 N–H and O–H groups in total. The number of nitrogens with one attached hydrogen (secondary N) is 1. The van der Waals surface area contributed by atoms with Crippen LogP contribution in [-0.2, 0) is 6.54 Å². The van der Waals surface area contributed by atoms with Gasteiger partial charge in [-0.05, 0) is 33.6 Å². The van der Waals surface area contributed by atoms with Crippen LogP contribution in [0.1, 0.15) is 18.9 Å². The van der Waals surface area contributed by atoms with Crippen molar-refractivity contribution in [1.82, 2.24) is 15.2 Å². The van der Waals surface area contributed by atoms with E-state index in [-0.39, 0.29) is 0 Å². The molecule has 0 aliphatic heterocycles. The molecule has 0 saturated heterocycles. The van der Waals surface area contributed by atoms with Gasteiger partial charge in [0.05, 0.1) is 0 Å². The lowest BCUT2D eigenvalue weighted by molar-refractivity contribution is 0.412. The van der Waals surface area contributed by atoms with Gasteiger partial charge in [0.1, 0.15) is 0 Å². The highest BCUT2D eigenvalue weighted by Gasteiger charge is 2.10. The molecule has 0 saturated carbocycles. The molecule has 102 valence electrons. The van der Waals surface area contributed by atoms with Crippen molar-refractivity contribution in [3.8, 4) is 0 Å². The third-order valence-electron chi connectivity index (χ3n) is 2.90. The average molecular weight is 250 g/mol. The van der Waals surface area contributed by atoms with E-state index in [0.717, 1.165) is 32.6 Å². The summed E-state index contributed by atoms with van der Waals surface area (Å²) in [5, 5.41) is 3.21. The van der Waals surface area contributed by atoms with Crippen molar-refractivity contribution in [2.24, 2.45) is 0 Å². The maximum absolute atomic E-state index is 4.22. The van der Waals surface area contributed by atoms with Crippen molar-refractivity contribution in [2.45, 2.75) is 19.9 Å². The van der Waals surface area contributed by atoms with Gasteiger partial charge in [-0.1, -0.05) is 6.92 Å². The van der Waals surface area contributed by atoms with Crippen LogP contribution in [0.4, 0.5) is 5.69 Å². The minimum atomic E-state index is 0.866. The second-order valence-electron chi connectivity index (χ2n) is 4.83. The van der Waals surface area contributed by atoms with E-state index in [4.69, 9.17) is 0 Å². The minimum absolute atomic E-state index is 0.866. The molecule has 0 amide bonds. The zero-order valence-electron chi connectivity index (χ0n) is 12.1. The lowest BCUT2D eigenvalue weighted by Crippen LogP contribution is -2.33. The number of nitrogens with zero attached hydrogens (tertiary/aromatic N) is 3. The maximum Gasteiger partial charge on any atom is 0.0443 e. The first-order valence-electron chi connectivity index (χ1n) is 6.66. The zero-order valence-corrected chi connectivity index (χ0v) is 12.1. The van der Waals surface area contributed by atoms with Crippen molar-refractivity contribution in [3.05, 3.63) is 24.0 Å². The minimum Gasteiger partial charge on any atom is -0.370 e. The molecule has 1 rings (SSSR count). The summed E-state index contributed by atoms with van der Waals surface area (Å²) < 4.78 is 0. The maximum atomic E-state index is 4.22. The molecular formula is C14H26N4. The molecule has 0 aliphatic rings. The number of hydrogen-bond acceptors (Lipinski definition) is 4. The van der Waals surface area contributed by atoms with Crippen LogP contribution >= 0.6 is 0 Å². The van der Waals surface area contributed by atoms with Gasteiger partial charge in [0, 0.05) is 49.8 Å². The molecule has 0 unspecified atom stereocenters. The van der Waals surface area contributed by atoms with Crippen LogP contribution in [0.2, 0.25) is 0 Å². The molecule has 0 atom stereocenters. The van der Waals surface area contributed by atoms with E-state index < -0.39 is 0 Å². The van der Waals surface area contributed by atoms with E-state index in [1.165, 1.54) is 11.3 Å². The van der Waals surface area contributed by atoms with Crippen LogP contribution in [-0.4, -0.2) is 50.7 Å². The molecule has 4 nitrogen and oxygen atoms in total. The Morgan fingerprint density at radius 3 is 2.61 bits per heavy atom. The molecule has 1 heterocycles. The van der Waals surface area contributed by atoms with E-state index in [9.17, 15) is 0 Å². The number of likely N-dealkylation sites (N-methyl/N-ethyl adjacent to an activating group) is 1. The molecule has 0 spiro atoms. The zero-order chi connectivity index (χ0) is 13.4. The average Bonchev–Trinajstić information content (AvgIpc) is 2.35. The normalized spacial score (nSPS) is 10.9. The summed E-state index contributed by atoms with van der Waals surface area (Å²) in [6.07, 6.45) is 5.01. The Morgan fingerprint density at radius 1 is 1.22 bits per heavy atom. The Morgan fingerprint density at radius 2 is 2.00 bits per heavy atom. The molecule has 0 fully saturated rings. The van der Waals surface area contributed by atoms with Crippen LogP contribution in [0.25, 0.3) is 0 Å². The summed E-state index contributed by atoms with van der Waals surface area (Å²) in [6, 6.07) is 2.12. The predicted molar refractivity (Wildman–Crippen MR) is 78.1 cm³/mol. The molecule has 0 radical (unpaired) electrons. The van der Waals surface area contributed by atoms with Gasteiger partial charge in [0.2, 0.25) is 0 Å². The van der Waals surface area contributed by atoms with Crippen LogP contribution < -0.4 is 10.2 Å². The summed E-state index contributed by atoms with van der Waals surface area (Å²) in [4.78, 5) is 8.90. The van der Waals surface area contributed by atoms with E-state index >= 15 is 0 Å². The van der Waals surface area contributed by atoms with E-state index in [0.29, 0.717) is 0 Å². The van der Waals surface area contributed by atoms with Crippen molar-refractivity contribution in [2.75, 3.05) is 45.7 Å². The fourth-order valence-electron chi connectivity index (χ4n) is 2.00. The molecule has 0 aromatic carbocycles. The van der Waals surface area contributed by atoms with Crippen molar-refractivity contribution >= 4 is 5.69 Å². The summed E-state index contributed by atoms with van der Waals surface area (Å²) in [6.45, 7) is 6.31. The second-order valence-corrected chi connectivity index (χ2v) is 4.83. The Balaban J connectivity index is 2.82. The third-order valence-corrected chi connectivity index (χ3v) is 2.90. The first kappa shape index (κ1) is 14.9. The first-order valence-corrected chi connectivity index (χ1v) is 6.66. The standard InChI is InChI=1S/C14H26N4/c1-5-8-18(10-9-17(3)4)14-6-7-16-12-13(14)11-15-2/h6-7,12,15H,5,8-11H2,1-4H3. The third kappa shape index (κ3) is 4.63. The van der Waals surface area contributed by atoms with Gasteiger partial charge in [-0.2, -0.15) is 0 Å². The van der Waals surface area contributed by atoms with Gasteiger partial charge in [-0.3, -0.25) is 4.98 Å². The molecule has 1 aromatic heterocycles. The highest BCUT2D eigenvalue weighted by molar-refractivity contribution is 5.52. The smallest absolute Gasteiger partial charge is 0.0443 e. The molecule has 0 aliphatic carbocycles. The van der Waals surface area contributed by atoms with Gasteiger partial charge in [-0.25, -0.2) is 0 Å². The quantitative estimate of drug-likeness (QED) is 0.759. The Kier molecular flexibility index (Phi) is 6.68. The van der Waals surface area contributed by atoms with E-state index in [1.54, 1.807) is 0 Å². The van der Waals surface area contributed by atoms with Gasteiger partial charge in [-0.15, -0.1) is 0 Å². The monoisotopic (exact) mass is 250 g/mol. The largest absolute Gasteiger partial charge is 0.370 e. The van der Waals surface area contributed by atoms with Gasteiger partial charge in [0.15, 0.2) is 0 Å². The van der Waals surface area contributed by atoms with Gasteiger partial charge in [0.25, 0.3) is 0 Å². The fraction of sp³-hybridized carbons (Fsp3) is 0.643. The number of anilines is 1. The number of rotatable bonds is 8. The molecular weight excluding hydrogens is 224 g/mol. The SMILES string of the molecule is CCCN(CCN(C)C)c1ccncc1CNC. The Labute approximate surface area is 111 Å². The molecule has 4 heteroatoms. The van der Waals surface area contributed by atoms with Crippen LogP contribution in [0.15, 0.2) is 18.5 Å². The van der Waals surface area contributed by atoms with Crippen molar-refractivity contribution < 1.29 is 0 Å². The summed E-state index contributed by atoms with van der Waals surface area (Å²) in [5.41, 5.74) is 2.58. The van der Waals surface area contributed by atoms with Gasteiger partial charge < -0.3 is 15.1 Å². The topological polar surface area (TPSA) is 31.4 Å². The Hall–Kier alpha value is -1.13. The van der Waals surface area contributed by atoms with E-state index in [1.807, 2.05) is 19.4 Å². The molecule has 0 bridgehead atoms. The van der Waals surface area contributed by atoms with Crippen molar-refractivity contribution in [3.63, 3.8) is 0 Å². The predicted octanol–water partition coefficient (Wildman–Crippen LogP) is 1.58. The summed E-state index contributed by atoms with van der Waals surface area (Å²) >= 11 is 0.